The van der Waals surface area contributed by atoms with Gasteiger partial charge >= 0.3 is 0 Å². The number of ether oxygens (including phenoxy) is 2. The summed E-state index contributed by atoms with van der Waals surface area (Å²) in [4.78, 5) is 0. The van der Waals surface area contributed by atoms with Gasteiger partial charge in [0.2, 0.25) is 0 Å². The molecule has 0 aliphatic heterocycles. The fraction of sp³-hybridized carbons (Fsp3) is 0.421. The quantitative estimate of drug-likeness (QED) is 0.0849. The van der Waals surface area contributed by atoms with Crippen LogP contribution in [0.1, 0.15) is 102 Å². The Kier molecular flexibility index (Phi) is 14.2. The lowest BCUT2D eigenvalue weighted by atomic mass is 10.1. The van der Waals surface area contributed by atoms with Gasteiger partial charge in [-0.25, -0.2) is 0 Å². The van der Waals surface area contributed by atoms with Gasteiger partial charge in [0, 0.05) is 11.1 Å². The molecule has 230 valence electrons. The summed E-state index contributed by atoms with van der Waals surface area (Å²) in [5.41, 5.74) is 4.72. The van der Waals surface area contributed by atoms with Crippen molar-refractivity contribution in [3.63, 3.8) is 0 Å². The van der Waals surface area contributed by atoms with E-state index in [2.05, 4.69) is 46.1 Å². The SMILES string of the molecule is CCCCCCCCOc1ccc(-c2ccc(C#Cc3ccc(-c4ccc(OCCCCCCCC)cc4)nn3)nn2)cc1. The average molecular weight is 591 g/mol. The molecule has 0 bridgehead atoms. The summed E-state index contributed by atoms with van der Waals surface area (Å²) in [6, 6.07) is 23.6. The van der Waals surface area contributed by atoms with E-state index in [1.54, 1.807) is 0 Å². The van der Waals surface area contributed by atoms with Gasteiger partial charge < -0.3 is 9.47 Å². The minimum atomic E-state index is 0.579. The standard InChI is InChI=1S/C38H46N4O2/c1-3-5-7-9-11-13-29-43-35-23-15-31(16-24-35)37-27-21-33(39-41-37)19-20-34-22-28-38(42-40-34)32-17-25-36(26-18-32)44-30-14-12-10-8-6-4-2/h15-18,21-28H,3-14,29-30H2,1-2H3. The lowest BCUT2D eigenvalue weighted by molar-refractivity contribution is 0.304. The molecule has 0 unspecified atom stereocenters. The van der Waals surface area contributed by atoms with Crippen LogP contribution in [-0.4, -0.2) is 33.6 Å². The molecule has 0 aliphatic carbocycles. The Morgan fingerprint density at radius 3 is 1.18 bits per heavy atom. The first-order valence-corrected chi connectivity index (χ1v) is 16.4. The lowest BCUT2D eigenvalue weighted by Crippen LogP contribution is -1.97. The second-order valence-electron chi connectivity index (χ2n) is 11.1. The number of hydrogen-bond donors (Lipinski definition) is 0. The van der Waals surface area contributed by atoms with Gasteiger partial charge in [0.1, 0.15) is 22.9 Å². The van der Waals surface area contributed by atoms with Crippen LogP contribution in [0.15, 0.2) is 72.8 Å². The molecule has 0 spiro atoms. The Balaban J connectivity index is 1.21. The van der Waals surface area contributed by atoms with Crippen LogP contribution in [0.3, 0.4) is 0 Å². The van der Waals surface area contributed by atoms with Gasteiger partial charge in [-0.2, -0.15) is 0 Å². The summed E-state index contributed by atoms with van der Waals surface area (Å²) in [6.45, 7) is 6.00. The van der Waals surface area contributed by atoms with E-state index < -0.39 is 0 Å². The first-order chi connectivity index (χ1) is 21.7. The Hall–Kier alpha value is -4.24. The highest BCUT2D eigenvalue weighted by atomic mass is 16.5. The number of aromatic nitrogens is 4. The lowest BCUT2D eigenvalue weighted by Gasteiger charge is -2.07. The monoisotopic (exact) mass is 590 g/mol. The van der Waals surface area contributed by atoms with Crippen molar-refractivity contribution in [2.24, 2.45) is 0 Å². The molecule has 0 N–H and O–H groups in total. The fourth-order valence-corrected chi connectivity index (χ4v) is 4.82. The third kappa shape index (κ3) is 11.4. The van der Waals surface area contributed by atoms with Gasteiger partial charge in [-0.05, 0) is 97.5 Å². The van der Waals surface area contributed by atoms with Crippen molar-refractivity contribution in [3.05, 3.63) is 84.2 Å². The van der Waals surface area contributed by atoms with Crippen LogP contribution in [-0.2, 0) is 0 Å². The molecular weight excluding hydrogens is 544 g/mol. The molecule has 4 rings (SSSR count). The summed E-state index contributed by atoms with van der Waals surface area (Å²) in [7, 11) is 0. The van der Waals surface area contributed by atoms with Crippen molar-refractivity contribution < 1.29 is 9.47 Å². The van der Waals surface area contributed by atoms with E-state index in [0.717, 1.165) is 60.1 Å². The second kappa shape index (κ2) is 19.1. The van der Waals surface area contributed by atoms with Crippen LogP contribution in [0.5, 0.6) is 11.5 Å². The van der Waals surface area contributed by atoms with E-state index in [1.807, 2.05) is 72.8 Å². The molecular formula is C38H46N4O2. The molecule has 2 heterocycles. The first kappa shape index (κ1) is 32.7. The van der Waals surface area contributed by atoms with E-state index in [9.17, 15) is 0 Å². The van der Waals surface area contributed by atoms with E-state index in [1.165, 1.54) is 64.2 Å². The van der Waals surface area contributed by atoms with Crippen molar-refractivity contribution in [2.45, 2.75) is 90.9 Å². The molecule has 6 nitrogen and oxygen atoms in total. The first-order valence-electron chi connectivity index (χ1n) is 16.4. The van der Waals surface area contributed by atoms with E-state index >= 15 is 0 Å². The topological polar surface area (TPSA) is 70.0 Å². The van der Waals surface area contributed by atoms with Crippen molar-refractivity contribution in [1.82, 2.24) is 20.4 Å². The van der Waals surface area contributed by atoms with Crippen molar-refractivity contribution in [2.75, 3.05) is 13.2 Å². The molecule has 0 fully saturated rings. The van der Waals surface area contributed by atoms with Gasteiger partial charge in [0.15, 0.2) is 0 Å². The third-order valence-electron chi connectivity index (χ3n) is 7.48. The van der Waals surface area contributed by atoms with Gasteiger partial charge in [-0.3, -0.25) is 0 Å². The van der Waals surface area contributed by atoms with Crippen LogP contribution in [0.4, 0.5) is 0 Å². The zero-order valence-electron chi connectivity index (χ0n) is 26.4. The highest BCUT2D eigenvalue weighted by Crippen LogP contribution is 2.22. The Morgan fingerprint density at radius 2 is 0.818 bits per heavy atom. The fourth-order valence-electron chi connectivity index (χ4n) is 4.82. The van der Waals surface area contributed by atoms with Crippen LogP contribution in [0, 0.1) is 11.8 Å². The van der Waals surface area contributed by atoms with Gasteiger partial charge in [-0.15, -0.1) is 20.4 Å². The zero-order valence-corrected chi connectivity index (χ0v) is 26.4. The predicted octanol–water partition coefficient (Wildman–Crippen LogP) is 9.48. The Labute approximate surface area is 263 Å². The van der Waals surface area contributed by atoms with E-state index in [4.69, 9.17) is 9.47 Å². The molecule has 6 heteroatoms. The number of benzene rings is 2. The smallest absolute Gasteiger partial charge is 0.136 e. The summed E-state index contributed by atoms with van der Waals surface area (Å²) >= 11 is 0. The third-order valence-corrected chi connectivity index (χ3v) is 7.48. The molecule has 0 saturated carbocycles. The van der Waals surface area contributed by atoms with Gasteiger partial charge in [0.05, 0.1) is 24.6 Å². The van der Waals surface area contributed by atoms with Crippen LogP contribution in [0.2, 0.25) is 0 Å². The Bertz CT molecular complexity index is 1300. The summed E-state index contributed by atoms with van der Waals surface area (Å²) < 4.78 is 11.8. The predicted molar refractivity (Wildman–Crippen MR) is 179 cm³/mol. The van der Waals surface area contributed by atoms with E-state index in [-0.39, 0.29) is 0 Å². The van der Waals surface area contributed by atoms with E-state index in [0.29, 0.717) is 11.4 Å². The minimum absolute atomic E-state index is 0.579. The van der Waals surface area contributed by atoms with Crippen molar-refractivity contribution in [1.29, 1.82) is 0 Å². The number of unbranched alkanes of at least 4 members (excludes halogenated alkanes) is 10. The highest BCUT2D eigenvalue weighted by molar-refractivity contribution is 5.61. The molecule has 2 aromatic carbocycles. The van der Waals surface area contributed by atoms with Crippen molar-refractivity contribution >= 4 is 0 Å². The zero-order chi connectivity index (χ0) is 30.7. The van der Waals surface area contributed by atoms with Crippen LogP contribution >= 0.6 is 0 Å². The van der Waals surface area contributed by atoms with Crippen molar-refractivity contribution in [3.8, 4) is 45.9 Å². The largest absolute Gasteiger partial charge is 0.494 e. The van der Waals surface area contributed by atoms with Crippen LogP contribution in [0.25, 0.3) is 22.5 Å². The molecule has 0 amide bonds. The molecule has 0 radical (unpaired) electrons. The normalized spacial score (nSPS) is 10.7. The number of nitrogens with zero attached hydrogens (tertiary/aromatic N) is 4. The highest BCUT2D eigenvalue weighted by Gasteiger charge is 2.04. The van der Waals surface area contributed by atoms with Gasteiger partial charge in [-0.1, -0.05) is 78.1 Å². The minimum Gasteiger partial charge on any atom is -0.494 e. The maximum Gasteiger partial charge on any atom is 0.136 e. The second-order valence-corrected chi connectivity index (χ2v) is 11.1. The molecule has 0 atom stereocenters. The maximum atomic E-state index is 5.89. The molecule has 0 saturated heterocycles. The Morgan fingerprint density at radius 1 is 0.432 bits per heavy atom. The maximum absolute atomic E-state index is 5.89. The summed E-state index contributed by atoms with van der Waals surface area (Å²) in [5, 5.41) is 17.3. The summed E-state index contributed by atoms with van der Waals surface area (Å²) in [6.07, 6.45) is 15.1. The van der Waals surface area contributed by atoms with Gasteiger partial charge in [0.25, 0.3) is 0 Å². The molecule has 44 heavy (non-hydrogen) atoms. The molecule has 2 aromatic heterocycles. The number of rotatable bonds is 18. The number of hydrogen-bond acceptors (Lipinski definition) is 6. The van der Waals surface area contributed by atoms with Crippen LogP contribution < -0.4 is 9.47 Å². The molecule has 0 aliphatic rings. The molecule has 4 aromatic rings. The summed E-state index contributed by atoms with van der Waals surface area (Å²) in [5.74, 6) is 7.84. The average Bonchev–Trinajstić information content (AvgIpc) is 3.08.